The van der Waals surface area contributed by atoms with Gasteiger partial charge in [-0.2, -0.15) is 0 Å². The molecule has 0 aliphatic heterocycles. The number of nitrogens with one attached hydrogen (secondary N) is 1. The number of ether oxygens (including phenoxy) is 1. The average Bonchev–Trinajstić information content (AvgIpc) is 3.10. The van der Waals surface area contributed by atoms with Crippen LogP contribution < -0.4 is 4.74 Å². The number of fused-ring (bicyclic) bond motifs is 1. The molecule has 0 aliphatic carbocycles. The van der Waals surface area contributed by atoms with Gasteiger partial charge in [0.05, 0.1) is 6.33 Å². The van der Waals surface area contributed by atoms with Gasteiger partial charge in [0.2, 0.25) is 0 Å². The summed E-state index contributed by atoms with van der Waals surface area (Å²) in [5.74, 6) is 0.783. The molecule has 0 saturated heterocycles. The molecule has 0 saturated carbocycles. The Hall–Kier alpha value is -3.21. The molecule has 0 fully saturated rings. The molecule has 0 unspecified atom stereocenters. The lowest BCUT2D eigenvalue weighted by molar-refractivity contribution is 0.307. The molecule has 0 bridgehead atoms. The number of aromatic nitrogens is 4. The highest BCUT2D eigenvalue weighted by Gasteiger charge is 2.12. The van der Waals surface area contributed by atoms with Crippen molar-refractivity contribution in [3.05, 3.63) is 72.8 Å². The van der Waals surface area contributed by atoms with Crippen LogP contribution in [0, 0.1) is 0 Å². The van der Waals surface area contributed by atoms with E-state index in [-0.39, 0.29) is 0 Å². The highest BCUT2D eigenvalue weighted by molar-refractivity contribution is 5.88. The van der Waals surface area contributed by atoms with Crippen molar-refractivity contribution in [3.8, 4) is 17.0 Å². The molecule has 0 spiro atoms. The second kappa shape index (κ2) is 5.88. The first-order chi connectivity index (χ1) is 11.4. The predicted molar refractivity (Wildman–Crippen MR) is 87.9 cm³/mol. The third kappa shape index (κ3) is 2.64. The zero-order chi connectivity index (χ0) is 15.5. The molecular weight excluding hydrogens is 288 g/mol. The van der Waals surface area contributed by atoms with Crippen LogP contribution >= 0.6 is 0 Å². The Labute approximate surface area is 133 Å². The van der Waals surface area contributed by atoms with Gasteiger partial charge in [0.25, 0.3) is 0 Å². The van der Waals surface area contributed by atoms with E-state index in [0.717, 1.165) is 28.1 Å². The Bertz CT molecular complexity index is 934. The molecule has 5 heteroatoms. The molecule has 0 radical (unpaired) electrons. The van der Waals surface area contributed by atoms with E-state index in [2.05, 4.69) is 19.9 Å². The molecule has 0 aliphatic rings. The summed E-state index contributed by atoms with van der Waals surface area (Å²) in [5.41, 5.74) is 4.28. The van der Waals surface area contributed by atoms with Crippen LogP contribution in [0.2, 0.25) is 0 Å². The smallest absolute Gasteiger partial charge is 0.181 e. The molecular formula is C18H14N4O. The van der Waals surface area contributed by atoms with Gasteiger partial charge in [-0.05, 0) is 17.7 Å². The molecule has 5 nitrogen and oxygen atoms in total. The largest absolute Gasteiger partial charge is 0.488 e. The van der Waals surface area contributed by atoms with E-state index in [0.29, 0.717) is 12.3 Å². The molecule has 0 atom stereocenters. The quantitative estimate of drug-likeness (QED) is 0.625. The fourth-order valence-electron chi connectivity index (χ4n) is 2.49. The summed E-state index contributed by atoms with van der Waals surface area (Å²) in [6, 6.07) is 17.9. The van der Waals surface area contributed by atoms with Gasteiger partial charge in [-0.3, -0.25) is 0 Å². The van der Waals surface area contributed by atoms with Gasteiger partial charge in [-0.1, -0.05) is 42.5 Å². The van der Waals surface area contributed by atoms with Crippen molar-refractivity contribution in [3.63, 3.8) is 0 Å². The van der Waals surface area contributed by atoms with Crippen molar-refractivity contribution in [2.24, 2.45) is 0 Å². The fourth-order valence-corrected chi connectivity index (χ4v) is 2.49. The van der Waals surface area contributed by atoms with Gasteiger partial charge in [0.1, 0.15) is 29.9 Å². The Kier molecular flexibility index (Phi) is 3.44. The van der Waals surface area contributed by atoms with Crippen LogP contribution in [0.15, 0.2) is 67.3 Å². The lowest BCUT2D eigenvalue weighted by atomic mass is 10.1. The monoisotopic (exact) mass is 302 g/mol. The van der Waals surface area contributed by atoms with E-state index >= 15 is 0 Å². The van der Waals surface area contributed by atoms with Gasteiger partial charge < -0.3 is 9.72 Å². The maximum absolute atomic E-state index is 6.01. The second-order valence-electron chi connectivity index (χ2n) is 5.09. The number of hydrogen-bond donors (Lipinski definition) is 1. The van der Waals surface area contributed by atoms with Crippen LogP contribution in [-0.4, -0.2) is 19.9 Å². The summed E-state index contributed by atoms with van der Waals surface area (Å²) >= 11 is 0. The number of imidazole rings is 1. The second-order valence-corrected chi connectivity index (χ2v) is 5.09. The maximum Gasteiger partial charge on any atom is 0.181 e. The summed E-state index contributed by atoms with van der Waals surface area (Å²) in [4.78, 5) is 15.8. The molecule has 1 N–H and O–H groups in total. The van der Waals surface area contributed by atoms with Crippen LogP contribution in [0.5, 0.6) is 5.75 Å². The van der Waals surface area contributed by atoms with Gasteiger partial charge in [-0.25, -0.2) is 15.0 Å². The number of rotatable bonds is 4. The molecule has 23 heavy (non-hydrogen) atoms. The summed E-state index contributed by atoms with van der Waals surface area (Å²) in [6.45, 7) is 0.509. The number of aromatic amines is 1. The highest BCUT2D eigenvalue weighted by Crippen LogP contribution is 2.31. The van der Waals surface area contributed by atoms with E-state index < -0.39 is 0 Å². The van der Waals surface area contributed by atoms with Crippen LogP contribution in [0.3, 0.4) is 0 Å². The first-order valence-electron chi connectivity index (χ1n) is 7.32. The standard InChI is InChI=1S/C18H14N4O/c1-2-6-13(7-3-1)10-23-15-9-5-4-8-14(15)16-17-18(21-11-19-16)22-12-20-17/h1-9,11-12H,10H2,(H,19,20,21,22). The summed E-state index contributed by atoms with van der Waals surface area (Å²) in [7, 11) is 0. The SMILES string of the molecule is c1ccc(COc2ccccc2-c2ncnc3nc[nH]c23)cc1. The Balaban J connectivity index is 1.71. The van der Waals surface area contributed by atoms with Crippen molar-refractivity contribution >= 4 is 11.2 Å². The van der Waals surface area contributed by atoms with Gasteiger partial charge in [0, 0.05) is 5.56 Å². The van der Waals surface area contributed by atoms with E-state index in [1.54, 1.807) is 6.33 Å². The Morgan fingerprint density at radius 1 is 0.870 bits per heavy atom. The molecule has 2 aromatic carbocycles. The van der Waals surface area contributed by atoms with Gasteiger partial charge in [-0.15, -0.1) is 0 Å². The first kappa shape index (κ1) is 13.5. The summed E-state index contributed by atoms with van der Waals surface area (Å²) in [6.07, 6.45) is 3.14. The minimum absolute atomic E-state index is 0.509. The Morgan fingerprint density at radius 3 is 2.61 bits per heavy atom. The fraction of sp³-hybridized carbons (Fsp3) is 0.0556. The molecule has 4 aromatic rings. The van der Waals surface area contributed by atoms with Crippen molar-refractivity contribution in [2.75, 3.05) is 0 Å². The number of para-hydroxylation sites is 1. The summed E-state index contributed by atoms with van der Waals surface area (Å²) < 4.78 is 6.01. The molecule has 2 aromatic heterocycles. The van der Waals surface area contributed by atoms with E-state index in [1.165, 1.54) is 6.33 Å². The number of benzene rings is 2. The maximum atomic E-state index is 6.01. The number of H-pyrrole nitrogens is 1. The van der Waals surface area contributed by atoms with Crippen molar-refractivity contribution in [1.82, 2.24) is 19.9 Å². The van der Waals surface area contributed by atoms with E-state index in [1.807, 2.05) is 54.6 Å². The normalized spacial score (nSPS) is 10.8. The van der Waals surface area contributed by atoms with Crippen LogP contribution in [0.25, 0.3) is 22.4 Å². The van der Waals surface area contributed by atoms with Crippen LogP contribution in [0.1, 0.15) is 5.56 Å². The molecule has 0 amide bonds. The third-order valence-corrected chi connectivity index (χ3v) is 3.60. The lowest BCUT2D eigenvalue weighted by Crippen LogP contribution is -1.98. The third-order valence-electron chi connectivity index (χ3n) is 3.60. The summed E-state index contributed by atoms with van der Waals surface area (Å²) in [5, 5.41) is 0. The zero-order valence-corrected chi connectivity index (χ0v) is 12.3. The zero-order valence-electron chi connectivity index (χ0n) is 12.3. The number of hydrogen-bond acceptors (Lipinski definition) is 4. The number of nitrogens with zero attached hydrogens (tertiary/aromatic N) is 3. The van der Waals surface area contributed by atoms with Gasteiger partial charge in [0.15, 0.2) is 5.65 Å². The Morgan fingerprint density at radius 2 is 1.70 bits per heavy atom. The van der Waals surface area contributed by atoms with Crippen LogP contribution in [-0.2, 0) is 6.61 Å². The van der Waals surface area contributed by atoms with E-state index in [9.17, 15) is 0 Å². The van der Waals surface area contributed by atoms with Gasteiger partial charge >= 0.3 is 0 Å². The van der Waals surface area contributed by atoms with E-state index in [4.69, 9.17) is 4.74 Å². The lowest BCUT2D eigenvalue weighted by Gasteiger charge is -2.11. The molecule has 112 valence electrons. The van der Waals surface area contributed by atoms with Crippen molar-refractivity contribution < 1.29 is 4.74 Å². The predicted octanol–water partition coefficient (Wildman–Crippen LogP) is 3.60. The van der Waals surface area contributed by atoms with Crippen molar-refractivity contribution in [2.45, 2.75) is 6.61 Å². The average molecular weight is 302 g/mol. The van der Waals surface area contributed by atoms with Crippen LogP contribution in [0.4, 0.5) is 0 Å². The minimum atomic E-state index is 0.509. The minimum Gasteiger partial charge on any atom is -0.488 e. The molecule has 2 heterocycles. The first-order valence-corrected chi connectivity index (χ1v) is 7.32. The molecule has 4 rings (SSSR count). The topological polar surface area (TPSA) is 63.7 Å². The van der Waals surface area contributed by atoms with Crippen molar-refractivity contribution in [1.29, 1.82) is 0 Å². The highest BCUT2D eigenvalue weighted by atomic mass is 16.5.